The molecule has 0 radical (unpaired) electrons. The Morgan fingerprint density at radius 1 is 1.45 bits per heavy atom. The van der Waals surface area contributed by atoms with Crippen molar-refractivity contribution in [3.05, 3.63) is 29.3 Å². The van der Waals surface area contributed by atoms with Crippen molar-refractivity contribution >= 4 is 11.6 Å². The molecule has 0 aliphatic carbocycles. The zero-order chi connectivity index (χ0) is 16.5. The van der Waals surface area contributed by atoms with Gasteiger partial charge in [-0.2, -0.15) is 13.2 Å². The Kier molecular flexibility index (Phi) is 4.65. The van der Waals surface area contributed by atoms with E-state index in [1.54, 1.807) is 0 Å². The molecule has 1 N–H and O–H groups in total. The van der Waals surface area contributed by atoms with Crippen LogP contribution in [0.25, 0.3) is 0 Å². The van der Waals surface area contributed by atoms with E-state index in [9.17, 15) is 18.0 Å². The number of carbonyl (C=O) groups excluding carboxylic acids is 1. The average Bonchev–Trinajstić information content (AvgIpc) is 2.50. The maximum Gasteiger partial charge on any atom is 0.416 e. The fourth-order valence-corrected chi connectivity index (χ4v) is 2.66. The van der Waals surface area contributed by atoms with Crippen LogP contribution >= 0.6 is 0 Å². The number of likely N-dealkylation sites (N-methyl/N-ethyl adjacent to an activating group) is 1. The molecule has 4 nitrogen and oxygen atoms in total. The third kappa shape index (κ3) is 3.19. The number of rotatable bonds is 3. The van der Waals surface area contributed by atoms with Gasteiger partial charge < -0.3 is 5.32 Å². The van der Waals surface area contributed by atoms with Crippen LogP contribution in [0.1, 0.15) is 36.8 Å². The van der Waals surface area contributed by atoms with Gasteiger partial charge in [0.25, 0.3) is 5.91 Å². The Balaban J connectivity index is 2.45. The van der Waals surface area contributed by atoms with E-state index < -0.39 is 17.7 Å². The van der Waals surface area contributed by atoms with E-state index in [4.69, 9.17) is 4.84 Å². The molecule has 1 amide bonds. The Morgan fingerprint density at radius 3 is 2.68 bits per heavy atom. The molecular formula is C15H19F3N2O2. The van der Waals surface area contributed by atoms with Crippen LogP contribution in [-0.2, 0) is 15.8 Å². The average molecular weight is 316 g/mol. The lowest BCUT2D eigenvalue weighted by molar-refractivity contribution is -0.170. The normalized spacial score (nSPS) is 21.0. The highest BCUT2D eigenvalue weighted by molar-refractivity contribution is 5.85. The lowest BCUT2D eigenvalue weighted by Crippen LogP contribution is -2.37. The third-order valence-corrected chi connectivity index (χ3v) is 4.01. The van der Waals surface area contributed by atoms with Crippen molar-refractivity contribution in [3.63, 3.8) is 0 Å². The molecule has 122 valence electrons. The summed E-state index contributed by atoms with van der Waals surface area (Å²) in [6.45, 7) is 1.97. The van der Waals surface area contributed by atoms with Gasteiger partial charge >= 0.3 is 6.18 Å². The number of hydrogen-bond donors (Lipinski definition) is 1. The van der Waals surface area contributed by atoms with Crippen LogP contribution in [-0.4, -0.2) is 31.2 Å². The summed E-state index contributed by atoms with van der Waals surface area (Å²) >= 11 is 0. The summed E-state index contributed by atoms with van der Waals surface area (Å²) in [6, 6.07) is 3.53. The molecule has 1 aromatic rings. The summed E-state index contributed by atoms with van der Waals surface area (Å²) in [7, 11) is 2.81. The zero-order valence-corrected chi connectivity index (χ0v) is 12.7. The first-order valence-corrected chi connectivity index (χ1v) is 7.07. The molecule has 1 aliphatic heterocycles. The number of benzene rings is 1. The summed E-state index contributed by atoms with van der Waals surface area (Å²) in [5.74, 6) is -0.989. The van der Waals surface area contributed by atoms with Crippen LogP contribution < -0.4 is 5.32 Å². The summed E-state index contributed by atoms with van der Waals surface area (Å²) in [4.78, 5) is 17.3. The van der Waals surface area contributed by atoms with E-state index in [1.807, 2.05) is 6.92 Å². The highest BCUT2D eigenvalue weighted by Gasteiger charge is 2.36. The molecule has 1 aliphatic rings. The fraction of sp³-hybridized carbons (Fsp3) is 0.533. The standard InChI is InChI=1S/C15H19F3N2O2/c1-4-10-8-12(14(21)20(2)22-3)11-7-9(15(16,17)18)5-6-13(11)19-10/h5-7,10,12,19H,4,8H2,1-3H3. The minimum Gasteiger partial charge on any atom is -0.382 e. The van der Waals surface area contributed by atoms with E-state index in [1.165, 1.54) is 20.2 Å². The van der Waals surface area contributed by atoms with Gasteiger partial charge in [0.05, 0.1) is 18.6 Å². The van der Waals surface area contributed by atoms with Crippen LogP contribution in [0.4, 0.5) is 18.9 Å². The van der Waals surface area contributed by atoms with Crippen LogP contribution in [0.5, 0.6) is 0 Å². The van der Waals surface area contributed by atoms with E-state index >= 15 is 0 Å². The molecule has 0 saturated carbocycles. The second-order valence-electron chi connectivity index (χ2n) is 5.36. The van der Waals surface area contributed by atoms with Gasteiger partial charge in [0.15, 0.2) is 0 Å². The van der Waals surface area contributed by atoms with Gasteiger partial charge in [-0.25, -0.2) is 5.06 Å². The summed E-state index contributed by atoms with van der Waals surface area (Å²) in [5, 5.41) is 4.25. The van der Waals surface area contributed by atoms with E-state index in [0.29, 0.717) is 17.7 Å². The van der Waals surface area contributed by atoms with Gasteiger partial charge in [0, 0.05) is 18.8 Å². The van der Waals surface area contributed by atoms with Gasteiger partial charge in [-0.3, -0.25) is 9.63 Å². The van der Waals surface area contributed by atoms with E-state index in [-0.39, 0.29) is 11.9 Å². The Bertz CT molecular complexity index is 560. The Labute approximate surface area is 127 Å². The number of halogens is 3. The van der Waals surface area contributed by atoms with Crippen LogP contribution in [0.3, 0.4) is 0 Å². The van der Waals surface area contributed by atoms with Crippen molar-refractivity contribution in [2.24, 2.45) is 0 Å². The van der Waals surface area contributed by atoms with Gasteiger partial charge in [0.1, 0.15) is 0 Å². The number of nitrogens with zero attached hydrogens (tertiary/aromatic N) is 1. The number of hydroxylamine groups is 2. The van der Waals surface area contributed by atoms with E-state index in [0.717, 1.165) is 23.6 Å². The van der Waals surface area contributed by atoms with Crippen molar-refractivity contribution in [3.8, 4) is 0 Å². The second-order valence-corrected chi connectivity index (χ2v) is 5.36. The maximum absolute atomic E-state index is 12.9. The number of alkyl halides is 3. The largest absolute Gasteiger partial charge is 0.416 e. The van der Waals surface area contributed by atoms with Crippen molar-refractivity contribution in [1.82, 2.24) is 5.06 Å². The molecule has 1 aromatic carbocycles. The van der Waals surface area contributed by atoms with Crippen molar-refractivity contribution in [2.75, 3.05) is 19.5 Å². The Hall–Kier alpha value is -1.76. The fourth-order valence-electron chi connectivity index (χ4n) is 2.66. The lowest BCUT2D eigenvalue weighted by Gasteiger charge is -2.34. The molecule has 0 saturated heterocycles. The second kappa shape index (κ2) is 6.16. The Morgan fingerprint density at radius 2 is 2.14 bits per heavy atom. The third-order valence-electron chi connectivity index (χ3n) is 4.01. The molecular weight excluding hydrogens is 297 g/mol. The topological polar surface area (TPSA) is 41.6 Å². The SMILES string of the molecule is CCC1CC(C(=O)N(C)OC)c2cc(C(F)(F)F)ccc2N1. The van der Waals surface area contributed by atoms with Crippen molar-refractivity contribution < 1.29 is 22.8 Å². The smallest absolute Gasteiger partial charge is 0.382 e. The van der Waals surface area contributed by atoms with Gasteiger partial charge in [0.2, 0.25) is 0 Å². The predicted molar refractivity (Wildman–Crippen MR) is 76.3 cm³/mol. The first-order chi connectivity index (χ1) is 10.3. The molecule has 7 heteroatoms. The highest BCUT2D eigenvalue weighted by atomic mass is 19.4. The number of carbonyl (C=O) groups is 1. The number of anilines is 1. The minimum absolute atomic E-state index is 0.0449. The molecule has 22 heavy (non-hydrogen) atoms. The molecule has 2 rings (SSSR count). The predicted octanol–water partition coefficient (Wildman–Crippen LogP) is 3.40. The van der Waals surface area contributed by atoms with Gasteiger partial charge in [-0.15, -0.1) is 0 Å². The molecule has 0 aromatic heterocycles. The molecule has 2 atom stereocenters. The number of hydrogen-bond acceptors (Lipinski definition) is 3. The molecule has 0 bridgehead atoms. The highest BCUT2D eigenvalue weighted by Crippen LogP contribution is 2.40. The first kappa shape index (κ1) is 16.6. The zero-order valence-electron chi connectivity index (χ0n) is 12.7. The molecule has 0 spiro atoms. The molecule has 1 heterocycles. The van der Waals surface area contributed by atoms with Gasteiger partial charge in [-0.1, -0.05) is 6.92 Å². The van der Waals surface area contributed by atoms with Crippen LogP contribution in [0.15, 0.2) is 18.2 Å². The molecule has 0 fully saturated rings. The van der Waals surface area contributed by atoms with Crippen LogP contribution in [0, 0.1) is 0 Å². The summed E-state index contributed by atoms with van der Waals surface area (Å²) in [5.41, 5.74) is 0.197. The first-order valence-electron chi connectivity index (χ1n) is 7.07. The van der Waals surface area contributed by atoms with Crippen LogP contribution in [0.2, 0.25) is 0 Å². The monoisotopic (exact) mass is 316 g/mol. The summed E-state index contributed by atoms with van der Waals surface area (Å²) in [6.07, 6.45) is -3.21. The number of fused-ring (bicyclic) bond motifs is 1. The van der Waals surface area contributed by atoms with Crippen molar-refractivity contribution in [1.29, 1.82) is 0 Å². The summed E-state index contributed by atoms with van der Waals surface area (Å²) < 4.78 is 38.7. The quantitative estimate of drug-likeness (QED) is 0.869. The van der Waals surface area contributed by atoms with Gasteiger partial charge in [-0.05, 0) is 36.6 Å². The number of amides is 1. The molecule has 2 unspecified atom stereocenters. The number of nitrogens with one attached hydrogen (secondary N) is 1. The van der Waals surface area contributed by atoms with Crippen molar-refractivity contribution in [2.45, 2.75) is 37.9 Å². The minimum atomic E-state index is -4.43. The van der Waals surface area contributed by atoms with E-state index in [2.05, 4.69) is 5.32 Å². The maximum atomic E-state index is 12.9. The lowest BCUT2D eigenvalue weighted by atomic mass is 9.84.